The Morgan fingerprint density at radius 3 is 2.55 bits per heavy atom. The summed E-state index contributed by atoms with van der Waals surface area (Å²) in [5, 5.41) is 4.33. The van der Waals surface area contributed by atoms with Gasteiger partial charge >= 0.3 is 0 Å². The molecule has 106 valence electrons. The van der Waals surface area contributed by atoms with Crippen molar-refractivity contribution in [3.63, 3.8) is 0 Å². The smallest absolute Gasteiger partial charge is 0.161 e. The number of aryl methyl sites for hydroxylation is 1. The third-order valence-electron chi connectivity index (χ3n) is 3.19. The lowest BCUT2D eigenvalue weighted by Gasteiger charge is -2.10. The minimum Gasteiger partial charge on any atom is -0.493 e. The van der Waals surface area contributed by atoms with Gasteiger partial charge in [-0.2, -0.15) is 5.10 Å². The molecule has 0 radical (unpaired) electrons. The summed E-state index contributed by atoms with van der Waals surface area (Å²) in [5.41, 5.74) is 2.26. The largest absolute Gasteiger partial charge is 0.493 e. The summed E-state index contributed by atoms with van der Waals surface area (Å²) in [6.07, 6.45) is 0.843. The standard InChI is InChI=1S/C15H18N2O3/c1-11-13(10-18)12(2)17(16-11)8-9-20-15-7-5-4-6-14(15)19-3/h4-7,10H,8-9H2,1-3H3. The van der Waals surface area contributed by atoms with Crippen LogP contribution in [0, 0.1) is 13.8 Å². The molecular formula is C15H18N2O3. The van der Waals surface area contributed by atoms with Crippen LogP contribution in [0.25, 0.3) is 0 Å². The van der Waals surface area contributed by atoms with E-state index in [2.05, 4.69) is 5.10 Å². The molecule has 0 amide bonds. The van der Waals surface area contributed by atoms with Crippen molar-refractivity contribution in [3.05, 3.63) is 41.2 Å². The highest BCUT2D eigenvalue weighted by molar-refractivity contribution is 5.78. The molecule has 0 unspecified atom stereocenters. The molecular weight excluding hydrogens is 256 g/mol. The van der Waals surface area contributed by atoms with E-state index in [0.29, 0.717) is 30.2 Å². The number of hydrogen-bond donors (Lipinski definition) is 0. The van der Waals surface area contributed by atoms with Crippen molar-refractivity contribution in [2.24, 2.45) is 0 Å². The van der Waals surface area contributed by atoms with Gasteiger partial charge in [-0.3, -0.25) is 9.48 Å². The van der Waals surface area contributed by atoms with Gasteiger partial charge in [-0.1, -0.05) is 12.1 Å². The predicted octanol–water partition coefficient (Wildman–Crippen LogP) is 2.40. The second kappa shape index (κ2) is 6.23. The lowest BCUT2D eigenvalue weighted by atomic mass is 10.2. The SMILES string of the molecule is COc1ccccc1OCCn1nc(C)c(C=O)c1C. The van der Waals surface area contributed by atoms with E-state index in [1.54, 1.807) is 11.8 Å². The first-order valence-corrected chi connectivity index (χ1v) is 6.42. The molecule has 0 atom stereocenters. The first-order valence-electron chi connectivity index (χ1n) is 6.42. The van der Waals surface area contributed by atoms with Crippen LogP contribution >= 0.6 is 0 Å². The highest BCUT2D eigenvalue weighted by Crippen LogP contribution is 2.25. The molecule has 2 aromatic rings. The van der Waals surface area contributed by atoms with Crippen molar-refractivity contribution in [2.75, 3.05) is 13.7 Å². The molecule has 5 heteroatoms. The van der Waals surface area contributed by atoms with Gasteiger partial charge in [0, 0.05) is 5.69 Å². The Labute approximate surface area is 118 Å². The Morgan fingerprint density at radius 2 is 1.95 bits per heavy atom. The van der Waals surface area contributed by atoms with E-state index in [-0.39, 0.29) is 0 Å². The number of rotatable bonds is 6. The molecule has 0 aliphatic rings. The Balaban J connectivity index is 2.01. The van der Waals surface area contributed by atoms with Gasteiger partial charge in [0.05, 0.1) is 24.9 Å². The number of methoxy groups -OCH3 is 1. The number of ether oxygens (including phenoxy) is 2. The molecule has 0 fully saturated rings. The number of carbonyl (C=O) groups excluding carboxylic acids is 1. The third kappa shape index (κ3) is 2.82. The van der Waals surface area contributed by atoms with E-state index >= 15 is 0 Å². The van der Waals surface area contributed by atoms with Crippen LogP contribution in [0.15, 0.2) is 24.3 Å². The third-order valence-corrected chi connectivity index (χ3v) is 3.19. The lowest BCUT2D eigenvalue weighted by molar-refractivity contribution is 0.112. The Hall–Kier alpha value is -2.30. The molecule has 0 spiro atoms. The van der Waals surface area contributed by atoms with Crippen molar-refractivity contribution in [1.82, 2.24) is 9.78 Å². The molecule has 0 saturated heterocycles. The van der Waals surface area contributed by atoms with Gasteiger partial charge in [-0.25, -0.2) is 0 Å². The van der Waals surface area contributed by atoms with Crippen molar-refractivity contribution in [1.29, 1.82) is 0 Å². The molecule has 1 aromatic heterocycles. The lowest BCUT2D eigenvalue weighted by Crippen LogP contribution is -2.11. The van der Waals surface area contributed by atoms with Crippen molar-refractivity contribution < 1.29 is 14.3 Å². The zero-order chi connectivity index (χ0) is 14.5. The number of nitrogens with zero attached hydrogens (tertiary/aromatic N) is 2. The summed E-state index contributed by atoms with van der Waals surface area (Å²) >= 11 is 0. The summed E-state index contributed by atoms with van der Waals surface area (Å²) in [6, 6.07) is 7.49. The van der Waals surface area contributed by atoms with Gasteiger partial charge in [-0.15, -0.1) is 0 Å². The van der Waals surface area contributed by atoms with E-state index in [9.17, 15) is 4.79 Å². The summed E-state index contributed by atoms with van der Waals surface area (Å²) in [6.45, 7) is 4.75. The van der Waals surface area contributed by atoms with Crippen LogP contribution in [-0.4, -0.2) is 29.8 Å². The average Bonchev–Trinajstić information content (AvgIpc) is 2.73. The van der Waals surface area contributed by atoms with E-state index < -0.39 is 0 Å². The molecule has 1 heterocycles. The van der Waals surface area contributed by atoms with Crippen LogP contribution in [0.1, 0.15) is 21.7 Å². The average molecular weight is 274 g/mol. The van der Waals surface area contributed by atoms with Gasteiger partial charge in [-0.05, 0) is 26.0 Å². The zero-order valence-corrected chi connectivity index (χ0v) is 11.9. The van der Waals surface area contributed by atoms with Crippen LogP contribution in [0.4, 0.5) is 0 Å². The van der Waals surface area contributed by atoms with Gasteiger partial charge in [0.15, 0.2) is 17.8 Å². The highest BCUT2D eigenvalue weighted by atomic mass is 16.5. The number of aromatic nitrogens is 2. The fraction of sp³-hybridized carbons (Fsp3) is 0.333. The van der Waals surface area contributed by atoms with Crippen LogP contribution in [0.2, 0.25) is 0 Å². The normalized spacial score (nSPS) is 10.3. The Bertz CT molecular complexity index is 605. The molecule has 0 aliphatic carbocycles. The zero-order valence-electron chi connectivity index (χ0n) is 11.9. The minimum absolute atomic E-state index is 0.459. The molecule has 0 aliphatic heterocycles. The van der Waals surface area contributed by atoms with Gasteiger partial charge < -0.3 is 9.47 Å². The summed E-state index contributed by atoms with van der Waals surface area (Å²) < 4.78 is 12.7. The summed E-state index contributed by atoms with van der Waals surface area (Å²) in [7, 11) is 1.61. The molecule has 1 aromatic carbocycles. The van der Waals surface area contributed by atoms with E-state index in [4.69, 9.17) is 9.47 Å². The van der Waals surface area contributed by atoms with Gasteiger partial charge in [0.25, 0.3) is 0 Å². The maximum absolute atomic E-state index is 10.9. The van der Waals surface area contributed by atoms with Crippen LogP contribution in [-0.2, 0) is 6.54 Å². The maximum atomic E-state index is 10.9. The second-order valence-corrected chi connectivity index (χ2v) is 4.42. The number of carbonyl (C=O) groups is 1. The molecule has 2 rings (SSSR count). The van der Waals surface area contributed by atoms with Crippen LogP contribution < -0.4 is 9.47 Å². The topological polar surface area (TPSA) is 53.4 Å². The number of para-hydroxylation sites is 2. The Morgan fingerprint density at radius 1 is 1.25 bits per heavy atom. The number of benzene rings is 1. The maximum Gasteiger partial charge on any atom is 0.161 e. The molecule has 5 nitrogen and oxygen atoms in total. The predicted molar refractivity (Wildman–Crippen MR) is 75.6 cm³/mol. The van der Waals surface area contributed by atoms with Crippen LogP contribution in [0.3, 0.4) is 0 Å². The monoisotopic (exact) mass is 274 g/mol. The summed E-state index contributed by atoms with van der Waals surface area (Å²) in [4.78, 5) is 10.9. The quantitative estimate of drug-likeness (QED) is 0.759. The van der Waals surface area contributed by atoms with Crippen molar-refractivity contribution in [2.45, 2.75) is 20.4 Å². The summed E-state index contributed by atoms with van der Waals surface area (Å²) in [5.74, 6) is 1.40. The molecule has 20 heavy (non-hydrogen) atoms. The fourth-order valence-corrected chi connectivity index (χ4v) is 2.08. The van der Waals surface area contributed by atoms with Crippen LogP contribution in [0.5, 0.6) is 11.5 Å². The van der Waals surface area contributed by atoms with Crippen molar-refractivity contribution >= 4 is 6.29 Å². The van der Waals surface area contributed by atoms with E-state index in [0.717, 1.165) is 17.7 Å². The second-order valence-electron chi connectivity index (χ2n) is 4.42. The number of aldehydes is 1. The molecule has 0 bridgehead atoms. The fourth-order valence-electron chi connectivity index (χ4n) is 2.08. The molecule has 0 saturated carbocycles. The Kier molecular flexibility index (Phi) is 4.40. The number of hydrogen-bond acceptors (Lipinski definition) is 4. The first kappa shape index (κ1) is 14.1. The highest BCUT2D eigenvalue weighted by Gasteiger charge is 2.10. The van der Waals surface area contributed by atoms with E-state index in [1.807, 2.05) is 38.1 Å². The molecule has 0 N–H and O–H groups in total. The van der Waals surface area contributed by atoms with Crippen molar-refractivity contribution in [3.8, 4) is 11.5 Å². The first-order chi connectivity index (χ1) is 9.67. The minimum atomic E-state index is 0.459. The van der Waals surface area contributed by atoms with E-state index in [1.165, 1.54) is 0 Å². The van der Waals surface area contributed by atoms with Gasteiger partial charge in [0.1, 0.15) is 6.61 Å². The van der Waals surface area contributed by atoms with Gasteiger partial charge in [0.2, 0.25) is 0 Å².